The number of guanidine groups is 1. The Morgan fingerprint density at radius 1 is 1.26 bits per heavy atom. The molecule has 0 saturated carbocycles. The van der Waals surface area contributed by atoms with Crippen LogP contribution in [0.1, 0.15) is 25.5 Å². The highest BCUT2D eigenvalue weighted by Gasteiger charge is 2.12. The molecule has 0 radical (unpaired) electrons. The van der Waals surface area contributed by atoms with Gasteiger partial charge in [-0.2, -0.15) is 0 Å². The van der Waals surface area contributed by atoms with Crippen molar-refractivity contribution in [2.75, 3.05) is 59.9 Å². The van der Waals surface area contributed by atoms with Crippen molar-refractivity contribution in [2.45, 2.75) is 26.3 Å². The summed E-state index contributed by atoms with van der Waals surface area (Å²) >= 11 is 6.09. The van der Waals surface area contributed by atoms with Crippen molar-refractivity contribution < 1.29 is 0 Å². The van der Waals surface area contributed by atoms with E-state index in [4.69, 9.17) is 16.6 Å². The maximum absolute atomic E-state index is 6.09. The average Bonchev–Trinajstić information content (AvgIpc) is 2.78. The first-order valence-corrected chi connectivity index (χ1v) is 10.1. The van der Waals surface area contributed by atoms with Gasteiger partial charge in [-0.1, -0.05) is 11.6 Å². The Hall–Kier alpha value is -0.510. The molecular weight excluding hydrogens is 475 g/mol. The molecule has 1 aromatic rings. The lowest BCUT2D eigenvalue weighted by Crippen LogP contribution is -2.39. The molecule has 0 aliphatic carbocycles. The number of aromatic nitrogens is 1. The average molecular weight is 511 g/mol. The van der Waals surface area contributed by atoms with E-state index < -0.39 is 0 Å². The normalized spacial score (nSPS) is 16.7. The highest BCUT2D eigenvalue weighted by molar-refractivity contribution is 14.0. The van der Waals surface area contributed by atoms with E-state index in [1.54, 1.807) is 0 Å². The summed E-state index contributed by atoms with van der Waals surface area (Å²) in [5, 5.41) is 4.18. The summed E-state index contributed by atoms with van der Waals surface area (Å²) in [7, 11) is 6.32. The Kier molecular flexibility index (Phi) is 11.7. The topological polar surface area (TPSA) is 39.0 Å². The molecule has 27 heavy (non-hydrogen) atoms. The number of nitrogens with one attached hydrogen (secondary N) is 1. The second-order valence-electron chi connectivity index (χ2n) is 7.20. The number of halogens is 2. The van der Waals surface area contributed by atoms with Crippen LogP contribution in [0.15, 0.2) is 17.3 Å². The Morgan fingerprint density at radius 2 is 2.04 bits per heavy atom. The SMILES string of the molecule is CCNC(=NCCCN1CCCN(C)CC1)N(C)Cc1cc(Cl)cn1C.I. The van der Waals surface area contributed by atoms with Crippen LogP contribution in [0.25, 0.3) is 0 Å². The van der Waals surface area contributed by atoms with E-state index in [1.165, 1.54) is 38.3 Å². The zero-order valence-electron chi connectivity index (χ0n) is 17.2. The van der Waals surface area contributed by atoms with Crippen molar-refractivity contribution in [3.63, 3.8) is 0 Å². The van der Waals surface area contributed by atoms with Crippen LogP contribution in [-0.4, -0.2) is 85.1 Å². The molecule has 1 fully saturated rings. The Labute approximate surface area is 186 Å². The Morgan fingerprint density at radius 3 is 2.70 bits per heavy atom. The van der Waals surface area contributed by atoms with Crippen molar-refractivity contribution in [1.82, 2.24) is 24.6 Å². The van der Waals surface area contributed by atoms with Gasteiger partial charge in [-0.15, -0.1) is 24.0 Å². The monoisotopic (exact) mass is 510 g/mol. The van der Waals surface area contributed by atoms with Crippen LogP contribution >= 0.6 is 35.6 Å². The smallest absolute Gasteiger partial charge is 0.194 e. The fourth-order valence-corrected chi connectivity index (χ4v) is 3.59. The van der Waals surface area contributed by atoms with Gasteiger partial charge in [0.25, 0.3) is 0 Å². The maximum Gasteiger partial charge on any atom is 0.194 e. The number of aryl methyl sites for hydroxylation is 1. The third-order valence-corrected chi connectivity index (χ3v) is 5.08. The molecule has 8 heteroatoms. The minimum absolute atomic E-state index is 0. The lowest BCUT2D eigenvalue weighted by molar-refractivity contribution is 0.275. The van der Waals surface area contributed by atoms with Crippen molar-refractivity contribution in [3.8, 4) is 0 Å². The Balaban J connectivity index is 0.00000364. The van der Waals surface area contributed by atoms with Gasteiger partial charge in [0.15, 0.2) is 5.96 Å². The number of hydrogen-bond acceptors (Lipinski definition) is 3. The molecular formula is C19H36ClIN6. The fourth-order valence-electron chi connectivity index (χ4n) is 3.31. The van der Waals surface area contributed by atoms with Gasteiger partial charge >= 0.3 is 0 Å². The van der Waals surface area contributed by atoms with E-state index >= 15 is 0 Å². The van der Waals surface area contributed by atoms with E-state index in [0.29, 0.717) is 0 Å². The quantitative estimate of drug-likeness (QED) is 0.265. The molecule has 0 spiro atoms. The predicted octanol–water partition coefficient (Wildman–Crippen LogP) is 2.72. The van der Waals surface area contributed by atoms with Crippen LogP contribution in [0.4, 0.5) is 0 Å². The van der Waals surface area contributed by atoms with Crippen LogP contribution in [0.5, 0.6) is 0 Å². The summed E-state index contributed by atoms with van der Waals surface area (Å²) in [6.45, 7) is 10.5. The number of aliphatic imine (C=N–C) groups is 1. The fraction of sp³-hybridized carbons (Fsp3) is 0.737. The highest BCUT2D eigenvalue weighted by atomic mass is 127. The van der Waals surface area contributed by atoms with Gasteiger partial charge in [0, 0.05) is 52.2 Å². The summed E-state index contributed by atoms with van der Waals surface area (Å²) < 4.78 is 2.07. The van der Waals surface area contributed by atoms with E-state index in [-0.39, 0.29) is 24.0 Å². The van der Waals surface area contributed by atoms with Crippen molar-refractivity contribution in [3.05, 3.63) is 23.0 Å². The van der Waals surface area contributed by atoms with Crippen molar-refractivity contribution >= 4 is 41.5 Å². The van der Waals surface area contributed by atoms with Crippen molar-refractivity contribution in [2.24, 2.45) is 12.0 Å². The van der Waals surface area contributed by atoms with Crippen molar-refractivity contribution in [1.29, 1.82) is 0 Å². The minimum atomic E-state index is 0. The van der Waals surface area contributed by atoms with Crippen LogP contribution in [0.2, 0.25) is 5.02 Å². The molecule has 0 unspecified atom stereocenters. The summed E-state index contributed by atoms with van der Waals surface area (Å²) in [5.74, 6) is 0.959. The highest BCUT2D eigenvalue weighted by Crippen LogP contribution is 2.14. The summed E-state index contributed by atoms with van der Waals surface area (Å²) in [6, 6.07) is 2.01. The summed E-state index contributed by atoms with van der Waals surface area (Å²) in [4.78, 5) is 12.0. The van der Waals surface area contributed by atoms with Crippen LogP contribution in [0, 0.1) is 0 Å². The second-order valence-corrected chi connectivity index (χ2v) is 7.64. The van der Waals surface area contributed by atoms with E-state index in [1.807, 2.05) is 19.3 Å². The number of hydrogen-bond donors (Lipinski definition) is 1. The molecule has 0 amide bonds. The molecule has 1 saturated heterocycles. The molecule has 0 bridgehead atoms. The first-order valence-electron chi connectivity index (χ1n) is 9.70. The molecule has 2 rings (SSSR count). The van der Waals surface area contributed by atoms with Gasteiger partial charge in [0.1, 0.15) is 0 Å². The second kappa shape index (κ2) is 12.9. The molecule has 2 heterocycles. The first kappa shape index (κ1) is 24.5. The summed E-state index contributed by atoms with van der Waals surface area (Å²) in [5.41, 5.74) is 1.18. The van der Waals surface area contributed by atoms with Gasteiger partial charge in [-0.05, 0) is 52.5 Å². The van der Waals surface area contributed by atoms with E-state index in [9.17, 15) is 0 Å². The van der Waals surface area contributed by atoms with Gasteiger partial charge in [-0.3, -0.25) is 4.99 Å². The lowest BCUT2D eigenvalue weighted by Gasteiger charge is -2.23. The van der Waals surface area contributed by atoms with Gasteiger partial charge in [-0.25, -0.2) is 0 Å². The van der Waals surface area contributed by atoms with Crippen LogP contribution in [0.3, 0.4) is 0 Å². The summed E-state index contributed by atoms with van der Waals surface area (Å²) in [6.07, 6.45) is 4.31. The molecule has 1 N–H and O–H groups in total. The largest absolute Gasteiger partial charge is 0.357 e. The standard InChI is InChI=1S/C19H35ClN6.HI/c1-5-21-19(25(4)16-18-14-17(20)15-24(18)3)22-8-6-10-26-11-7-9-23(2)12-13-26;/h14-15H,5-13,16H2,1-4H3,(H,21,22);1H. The Bertz CT molecular complexity index is 577. The molecule has 6 nitrogen and oxygen atoms in total. The molecule has 1 aliphatic heterocycles. The number of rotatable bonds is 7. The zero-order chi connectivity index (χ0) is 18.9. The van der Waals surface area contributed by atoms with Gasteiger partial charge in [0.05, 0.1) is 11.6 Å². The van der Waals surface area contributed by atoms with Crippen LogP contribution in [-0.2, 0) is 13.6 Å². The maximum atomic E-state index is 6.09. The van der Waals surface area contributed by atoms with E-state index in [2.05, 4.69) is 45.6 Å². The first-order chi connectivity index (χ1) is 12.5. The van der Waals surface area contributed by atoms with Gasteiger partial charge < -0.3 is 24.6 Å². The predicted molar refractivity (Wildman–Crippen MR) is 126 cm³/mol. The molecule has 1 aromatic heterocycles. The number of nitrogens with zero attached hydrogens (tertiary/aromatic N) is 5. The van der Waals surface area contributed by atoms with Gasteiger partial charge in [0.2, 0.25) is 0 Å². The zero-order valence-corrected chi connectivity index (χ0v) is 20.3. The minimum Gasteiger partial charge on any atom is -0.357 e. The lowest BCUT2D eigenvalue weighted by atomic mass is 10.3. The number of likely N-dealkylation sites (N-methyl/N-ethyl adjacent to an activating group) is 1. The molecule has 0 atom stereocenters. The third-order valence-electron chi connectivity index (χ3n) is 4.88. The molecule has 1 aliphatic rings. The molecule has 156 valence electrons. The van der Waals surface area contributed by atoms with E-state index in [0.717, 1.165) is 43.6 Å². The third kappa shape index (κ3) is 8.58. The molecule has 0 aromatic carbocycles. The van der Waals surface area contributed by atoms with Crippen LogP contribution < -0.4 is 5.32 Å².